The fraction of sp³-hybridized carbons (Fsp3) is 0.429. The Balaban J connectivity index is 2.45. The maximum absolute atomic E-state index is 10.7. The highest BCUT2D eigenvalue weighted by atomic mass is 16.5. The predicted octanol–water partition coefficient (Wildman–Crippen LogP) is 4.16. The van der Waals surface area contributed by atoms with Crippen LogP contribution in [0.25, 0.3) is 0 Å². The summed E-state index contributed by atoms with van der Waals surface area (Å²) in [6.07, 6.45) is -11.6. The van der Waals surface area contributed by atoms with Crippen LogP contribution in [-0.4, -0.2) is 32.0 Å². The zero-order chi connectivity index (χ0) is 30.5. The molecule has 4 nitrogen and oxygen atoms in total. The second-order valence-electron chi connectivity index (χ2n) is 4.68. The van der Waals surface area contributed by atoms with Crippen LogP contribution in [0.15, 0.2) is 42.3 Å². The molecule has 0 bridgehead atoms. The van der Waals surface area contributed by atoms with Crippen molar-refractivity contribution in [1.82, 2.24) is 0 Å². The molecule has 0 aliphatic rings. The lowest BCUT2D eigenvalue weighted by Gasteiger charge is -2.13. The minimum Gasteiger partial charge on any atom is -0.493 e. The number of ether oxygens (including phenoxy) is 3. The number of hydrogen-bond donors (Lipinski definition) is 1. The van der Waals surface area contributed by atoms with Crippen molar-refractivity contribution < 1.29 is 38.5 Å². The Morgan fingerprint density at radius 3 is 2.68 bits per heavy atom. The van der Waals surface area contributed by atoms with Crippen molar-refractivity contribution >= 4 is 0 Å². The molecule has 0 aliphatic carbocycles. The van der Waals surface area contributed by atoms with Gasteiger partial charge < -0.3 is 19.3 Å². The highest BCUT2D eigenvalue weighted by molar-refractivity contribution is 5.42. The van der Waals surface area contributed by atoms with E-state index >= 15 is 0 Å². The Labute approximate surface area is 170 Å². The number of aliphatic hydroxyl groups is 1. The molecule has 25 heavy (non-hydrogen) atoms. The van der Waals surface area contributed by atoms with Crippen LogP contribution in [0.4, 0.5) is 0 Å². The molecule has 0 amide bonds. The van der Waals surface area contributed by atoms with Crippen molar-refractivity contribution in [2.24, 2.45) is 0 Å². The summed E-state index contributed by atoms with van der Waals surface area (Å²) in [4.78, 5) is 0. The molecule has 0 spiro atoms. The average Bonchev–Trinajstić information content (AvgIpc) is 2.84. The summed E-state index contributed by atoms with van der Waals surface area (Å²) in [6.45, 7) is -2.40. The second kappa shape index (κ2) is 9.94. The van der Waals surface area contributed by atoms with Crippen LogP contribution in [0.5, 0.6) is 17.2 Å². The molecule has 0 saturated carbocycles. The standard InChI is InChI=1S/C21H28O4/c1-16-7-6-10-19(13-16)25-15-18(22)9-5-4-8-17-11-12-20(23-2)21(14-17)24-3/h6-7,10-14,18,22H,4-5,8-9,15H2,1-3H3/i6D,7D,8D2,9D2,10D,11D,12D,13D,14D,15D2,18D. The Hall–Kier alpha value is -2.20. The predicted molar refractivity (Wildman–Crippen MR) is 99.8 cm³/mol. The monoisotopic (exact) mass is 358 g/mol. The molecule has 0 fully saturated rings. The lowest BCUT2D eigenvalue weighted by molar-refractivity contribution is 0.0976. The van der Waals surface area contributed by atoms with Gasteiger partial charge in [-0.15, -0.1) is 0 Å². The van der Waals surface area contributed by atoms with Gasteiger partial charge in [-0.25, -0.2) is 0 Å². The third-order valence-corrected chi connectivity index (χ3v) is 2.85. The Morgan fingerprint density at radius 1 is 1.12 bits per heavy atom. The van der Waals surface area contributed by atoms with E-state index in [1.165, 1.54) is 14.0 Å². The van der Waals surface area contributed by atoms with E-state index in [9.17, 15) is 5.11 Å². The Kier molecular flexibility index (Phi) is 3.02. The average molecular weight is 359 g/mol. The Morgan fingerprint density at radius 2 is 1.92 bits per heavy atom. The summed E-state index contributed by atoms with van der Waals surface area (Å²) in [5.41, 5.74) is -0.784. The largest absolute Gasteiger partial charge is 0.493 e. The SMILES string of the molecule is [2H]c1c([2H])c(C)c([2H])c(OC([2H])([2H])C([2H])(O)C([2H])([2H])CCC([2H])([2H])c2c([2H])c([2H])c(OC)c(OC)c2[2H])c1[2H]. The highest BCUT2D eigenvalue weighted by Gasteiger charge is 2.07. The summed E-state index contributed by atoms with van der Waals surface area (Å²) in [6, 6.07) is -4.68. The molecule has 0 aliphatic heterocycles. The van der Waals surface area contributed by atoms with Gasteiger partial charge in [0, 0.05) is 5.48 Å². The molecule has 2 aromatic carbocycles. The van der Waals surface area contributed by atoms with Crippen LogP contribution in [-0.2, 0) is 6.37 Å². The first-order chi connectivity index (χ1) is 17.6. The fourth-order valence-electron chi connectivity index (χ4n) is 1.72. The van der Waals surface area contributed by atoms with E-state index in [1.54, 1.807) is 0 Å². The smallest absolute Gasteiger partial charge is 0.160 e. The number of methoxy groups -OCH3 is 2. The zero-order valence-electron chi connectivity index (χ0n) is 28.1. The number of benzene rings is 2. The molecule has 2 aromatic rings. The van der Waals surface area contributed by atoms with E-state index in [2.05, 4.69) is 0 Å². The molecule has 1 unspecified atom stereocenters. The van der Waals surface area contributed by atoms with Gasteiger partial charge in [-0.2, -0.15) is 0 Å². The molecule has 0 radical (unpaired) electrons. The van der Waals surface area contributed by atoms with E-state index in [0.29, 0.717) is 0 Å². The van der Waals surface area contributed by atoms with Gasteiger partial charge in [0.15, 0.2) is 11.5 Å². The third-order valence-electron chi connectivity index (χ3n) is 2.85. The topological polar surface area (TPSA) is 47.9 Å². The van der Waals surface area contributed by atoms with E-state index in [-0.39, 0.29) is 17.1 Å². The summed E-state index contributed by atoms with van der Waals surface area (Å²) < 4.78 is 128. The molecule has 4 heteroatoms. The van der Waals surface area contributed by atoms with Crippen LogP contribution < -0.4 is 14.2 Å². The Bertz CT molecular complexity index is 1230. The highest BCUT2D eigenvalue weighted by Crippen LogP contribution is 2.28. The molecule has 1 atom stereocenters. The van der Waals surface area contributed by atoms with Crippen LogP contribution in [0.1, 0.15) is 49.5 Å². The van der Waals surface area contributed by atoms with Crippen LogP contribution in [0, 0.1) is 6.92 Å². The maximum Gasteiger partial charge on any atom is 0.160 e. The van der Waals surface area contributed by atoms with E-state index < -0.39 is 91.8 Å². The van der Waals surface area contributed by atoms with Gasteiger partial charge in [0.05, 0.1) is 34.0 Å². The van der Waals surface area contributed by atoms with E-state index in [0.717, 1.165) is 7.11 Å². The van der Waals surface area contributed by atoms with Gasteiger partial charge in [0.1, 0.15) is 12.3 Å². The summed E-state index contributed by atoms with van der Waals surface area (Å²) in [5, 5.41) is 10.7. The second-order valence-corrected chi connectivity index (χ2v) is 4.68. The number of hydrogen-bond acceptors (Lipinski definition) is 4. The summed E-state index contributed by atoms with van der Waals surface area (Å²) >= 11 is 0. The number of rotatable bonds is 10. The molecular formula is C21H28O4. The third kappa shape index (κ3) is 6.31. The van der Waals surface area contributed by atoms with E-state index in [4.69, 9.17) is 33.4 Å². The first-order valence-corrected chi connectivity index (χ1v) is 7.31. The van der Waals surface area contributed by atoms with Gasteiger partial charge in [0.25, 0.3) is 0 Å². The van der Waals surface area contributed by atoms with Gasteiger partial charge in [-0.3, -0.25) is 0 Å². The molecule has 2 rings (SSSR count). The first kappa shape index (κ1) is 7.58. The molecule has 0 saturated heterocycles. The van der Waals surface area contributed by atoms with Gasteiger partial charge in [0.2, 0.25) is 0 Å². The van der Waals surface area contributed by atoms with Crippen LogP contribution in [0.3, 0.4) is 0 Å². The maximum atomic E-state index is 10.7. The lowest BCUT2D eigenvalue weighted by atomic mass is 10.0. The van der Waals surface area contributed by atoms with Crippen molar-refractivity contribution in [3.05, 3.63) is 53.4 Å². The minimum atomic E-state index is -3.77. The lowest BCUT2D eigenvalue weighted by Crippen LogP contribution is -2.17. The van der Waals surface area contributed by atoms with Crippen molar-refractivity contribution in [1.29, 1.82) is 0 Å². The fourth-order valence-corrected chi connectivity index (χ4v) is 1.72. The van der Waals surface area contributed by atoms with Crippen molar-refractivity contribution in [3.8, 4) is 17.2 Å². The summed E-state index contributed by atoms with van der Waals surface area (Å²) in [7, 11) is 2.32. The minimum absolute atomic E-state index is 0.146. The molecule has 136 valence electrons. The van der Waals surface area contributed by atoms with Crippen molar-refractivity contribution in [3.63, 3.8) is 0 Å². The molecule has 0 heterocycles. The molecule has 0 aromatic heterocycles. The first-order valence-electron chi connectivity index (χ1n) is 14.3. The molecule has 1 N–H and O–H groups in total. The quantitative estimate of drug-likeness (QED) is 0.693. The van der Waals surface area contributed by atoms with Gasteiger partial charge in [-0.1, -0.05) is 24.5 Å². The van der Waals surface area contributed by atoms with Crippen molar-refractivity contribution in [2.75, 3.05) is 20.8 Å². The van der Waals surface area contributed by atoms with Gasteiger partial charge in [-0.05, 0) is 61.4 Å². The molecular weight excluding hydrogens is 316 g/mol. The van der Waals surface area contributed by atoms with Gasteiger partial charge >= 0.3 is 0 Å². The summed E-state index contributed by atoms with van der Waals surface area (Å²) in [5.74, 6) is -1.50. The van der Waals surface area contributed by atoms with E-state index in [1.807, 2.05) is 0 Å². The van der Waals surface area contributed by atoms with Crippen LogP contribution in [0.2, 0.25) is 0 Å². The zero-order valence-corrected chi connectivity index (χ0v) is 14.1. The van der Waals surface area contributed by atoms with Crippen molar-refractivity contribution in [2.45, 2.75) is 38.6 Å². The normalized spacial score (nSPS) is 22.9. The van der Waals surface area contributed by atoms with Crippen LogP contribution >= 0.6 is 0 Å².